The molecular weight excluding hydrogens is 881 g/mol. The highest BCUT2D eigenvalue weighted by Crippen LogP contribution is 2.21. The van der Waals surface area contributed by atoms with Gasteiger partial charge in [-0.2, -0.15) is 0 Å². The van der Waals surface area contributed by atoms with Gasteiger partial charge < -0.3 is 36.6 Å². The summed E-state index contributed by atoms with van der Waals surface area (Å²) in [5, 5.41) is 26.0. The van der Waals surface area contributed by atoms with Crippen molar-refractivity contribution in [2.75, 3.05) is 11.9 Å². The second kappa shape index (κ2) is 23.5. The van der Waals surface area contributed by atoms with Crippen LogP contribution in [-0.4, -0.2) is 82.1 Å². The van der Waals surface area contributed by atoms with E-state index in [0.29, 0.717) is 27.9 Å². The molecule has 0 spiro atoms. The number of amides is 6. The predicted octanol–water partition coefficient (Wildman–Crippen LogP) is 5.47. The molecule has 5 aromatic carbocycles. The first kappa shape index (κ1) is 48.0. The van der Waals surface area contributed by atoms with E-state index in [1.165, 1.54) is 11.3 Å². The number of thiophene rings is 1. The molecule has 2 aliphatic heterocycles. The van der Waals surface area contributed by atoms with Gasteiger partial charge in [0, 0.05) is 55.6 Å². The van der Waals surface area contributed by atoms with Crippen molar-refractivity contribution in [1.29, 1.82) is 0 Å². The van der Waals surface area contributed by atoms with Gasteiger partial charge in [0.05, 0.1) is 0 Å². The molecule has 8 rings (SSSR count). The molecule has 2 bridgehead atoms. The second-order valence-corrected chi connectivity index (χ2v) is 17.6. The van der Waals surface area contributed by atoms with Gasteiger partial charge in [0.15, 0.2) is 0 Å². The summed E-state index contributed by atoms with van der Waals surface area (Å²) in [6, 6.07) is 40.3. The lowest BCUT2D eigenvalue weighted by atomic mass is 9.99. The van der Waals surface area contributed by atoms with Gasteiger partial charge in [-0.05, 0) is 57.0 Å². The number of carbonyl (C=O) groups is 7. The Bertz CT molecular complexity index is 2670. The topological polar surface area (TPSA) is 203 Å². The summed E-state index contributed by atoms with van der Waals surface area (Å²) in [6.07, 6.45) is -0.432. The van der Waals surface area contributed by atoms with E-state index in [0.717, 1.165) is 20.9 Å². The number of aliphatic carboxylic acids is 1. The van der Waals surface area contributed by atoms with Crippen molar-refractivity contribution in [2.45, 2.75) is 69.2 Å². The van der Waals surface area contributed by atoms with Gasteiger partial charge >= 0.3 is 5.97 Å². The molecule has 0 radical (unpaired) electrons. The standard InChI is InChI=1S/C53H52N6O8S/c60-47-26-27-48(61)55-45(32-42-17-10-28-68-42)52(66)57-44(30-36-18-22-40(23-19-36)39-15-8-3-9-16-39)50(64)56-43(29-35-11-4-1-5-12-35)51(65)58-46(31-37-20-24-41(54-47)25-21-37)53(67)59(34-49(62)63)33-38-13-6-2-7-14-38/h1-25,28,43-46H,26-27,29-34H2,(H,54,60)(H,55,61)(H,56,64)(H,57,66)(H,58,65)(H,62,63)/t43-,44+,45-,46-/m1/s1. The minimum absolute atomic E-state index is 0.00722. The number of hydrogen-bond donors (Lipinski definition) is 6. The van der Waals surface area contributed by atoms with Gasteiger partial charge in [0.25, 0.3) is 0 Å². The third kappa shape index (κ3) is 14.0. The molecule has 0 saturated heterocycles. The van der Waals surface area contributed by atoms with E-state index in [4.69, 9.17) is 0 Å². The van der Waals surface area contributed by atoms with Crippen LogP contribution in [0.2, 0.25) is 0 Å². The van der Waals surface area contributed by atoms with Crippen LogP contribution < -0.4 is 26.6 Å². The number of fused-ring (bicyclic) bond motifs is 18. The summed E-state index contributed by atoms with van der Waals surface area (Å²) in [5.74, 6) is -5.03. The normalized spacial score (nSPS) is 18.4. The highest BCUT2D eigenvalue weighted by molar-refractivity contribution is 7.09. The van der Waals surface area contributed by atoms with Crippen LogP contribution >= 0.6 is 11.3 Å². The van der Waals surface area contributed by atoms with Gasteiger partial charge in [0.1, 0.15) is 30.7 Å². The molecule has 6 N–H and O–H groups in total. The van der Waals surface area contributed by atoms with E-state index in [1.807, 2.05) is 78.2 Å². The Kier molecular flexibility index (Phi) is 16.6. The summed E-state index contributed by atoms with van der Waals surface area (Å²) in [7, 11) is 0. The number of carboxylic acids is 1. The van der Waals surface area contributed by atoms with Crippen molar-refractivity contribution < 1.29 is 38.7 Å². The van der Waals surface area contributed by atoms with Crippen molar-refractivity contribution in [3.8, 4) is 11.1 Å². The molecule has 0 fully saturated rings. The van der Waals surface area contributed by atoms with Crippen LogP contribution in [0.3, 0.4) is 0 Å². The molecule has 6 amide bonds. The molecule has 0 aliphatic carbocycles. The quantitative estimate of drug-likeness (QED) is 0.0868. The number of carboxylic acid groups (broad SMARTS) is 1. The molecule has 0 saturated carbocycles. The Morgan fingerprint density at radius 3 is 1.66 bits per heavy atom. The molecule has 6 aromatic rings. The summed E-state index contributed by atoms with van der Waals surface area (Å²) >= 11 is 1.40. The maximum absolute atomic E-state index is 14.8. The van der Waals surface area contributed by atoms with Gasteiger partial charge in [-0.3, -0.25) is 33.6 Å². The number of nitrogens with zero attached hydrogens (tertiary/aromatic N) is 1. The summed E-state index contributed by atoms with van der Waals surface area (Å²) < 4.78 is 0. The molecular formula is C53H52N6O8S. The van der Waals surface area contributed by atoms with Crippen LogP contribution in [0.15, 0.2) is 157 Å². The van der Waals surface area contributed by atoms with Crippen molar-refractivity contribution >= 4 is 58.4 Å². The predicted molar refractivity (Wildman–Crippen MR) is 259 cm³/mol. The number of benzene rings is 5. The van der Waals surface area contributed by atoms with Gasteiger partial charge in [-0.15, -0.1) is 11.3 Å². The fourth-order valence-corrected chi connectivity index (χ4v) is 8.65. The van der Waals surface area contributed by atoms with E-state index in [1.54, 1.807) is 78.9 Å². The van der Waals surface area contributed by atoms with Crippen LogP contribution in [0.1, 0.15) is 40.0 Å². The summed E-state index contributed by atoms with van der Waals surface area (Å²) in [5.41, 5.74) is 4.96. The van der Waals surface area contributed by atoms with Crippen LogP contribution in [-0.2, 0) is 65.8 Å². The minimum atomic E-state index is -1.32. The molecule has 0 unspecified atom stereocenters. The Balaban J connectivity index is 1.26. The fourth-order valence-electron chi connectivity index (χ4n) is 7.90. The fraction of sp³-hybridized carbons (Fsp3) is 0.226. The summed E-state index contributed by atoms with van der Waals surface area (Å²) in [4.78, 5) is 99.2. The van der Waals surface area contributed by atoms with Crippen molar-refractivity contribution in [2.24, 2.45) is 0 Å². The van der Waals surface area contributed by atoms with E-state index >= 15 is 0 Å². The van der Waals surface area contributed by atoms with E-state index in [9.17, 15) is 38.7 Å². The molecule has 1 aromatic heterocycles. The monoisotopic (exact) mass is 932 g/mol. The van der Waals surface area contributed by atoms with E-state index in [-0.39, 0.29) is 45.1 Å². The maximum Gasteiger partial charge on any atom is 0.323 e. The molecule has 14 nitrogen and oxygen atoms in total. The second-order valence-electron chi connectivity index (χ2n) is 16.6. The third-order valence-corrected chi connectivity index (χ3v) is 12.3. The van der Waals surface area contributed by atoms with Crippen LogP contribution in [0.4, 0.5) is 5.69 Å². The largest absolute Gasteiger partial charge is 0.480 e. The van der Waals surface area contributed by atoms with E-state index in [2.05, 4.69) is 26.6 Å². The Morgan fingerprint density at radius 1 is 0.544 bits per heavy atom. The molecule has 2 aliphatic rings. The summed E-state index contributed by atoms with van der Waals surface area (Å²) in [6.45, 7) is -0.722. The average molecular weight is 933 g/mol. The molecule has 348 valence electrons. The number of carbonyl (C=O) groups excluding carboxylic acids is 6. The lowest BCUT2D eigenvalue weighted by Gasteiger charge is -2.29. The molecule has 4 atom stereocenters. The third-order valence-electron chi connectivity index (χ3n) is 11.4. The average Bonchev–Trinajstić information content (AvgIpc) is 3.86. The van der Waals surface area contributed by atoms with Crippen molar-refractivity contribution in [3.63, 3.8) is 0 Å². The lowest BCUT2D eigenvalue weighted by molar-refractivity contribution is -0.146. The Labute approximate surface area is 398 Å². The Hall–Kier alpha value is -7.91. The first-order valence-corrected chi connectivity index (χ1v) is 23.2. The first-order valence-electron chi connectivity index (χ1n) is 22.3. The van der Waals surface area contributed by atoms with Crippen LogP contribution in [0, 0.1) is 0 Å². The number of nitrogens with one attached hydrogen (secondary N) is 5. The van der Waals surface area contributed by atoms with Gasteiger partial charge in [0.2, 0.25) is 35.4 Å². The molecule has 68 heavy (non-hydrogen) atoms. The van der Waals surface area contributed by atoms with Gasteiger partial charge in [-0.25, -0.2) is 0 Å². The van der Waals surface area contributed by atoms with Crippen molar-refractivity contribution in [1.82, 2.24) is 26.2 Å². The molecule has 15 heteroatoms. The SMILES string of the molecule is O=C(O)CN(Cc1ccccc1)C(=O)[C@H]1Cc2ccc(cc2)NC(=O)CCC(=O)N[C@H](Cc2cccs2)C(=O)N[C@@H](Cc2ccc(-c3ccccc3)cc2)C(=O)N[C@H](Cc2ccccc2)C(=O)N1. The zero-order valence-corrected chi connectivity index (χ0v) is 38.0. The zero-order chi connectivity index (χ0) is 47.8. The smallest absolute Gasteiger partial charge is 0.323 e. The number of anilines is 1. The first-order chi connectivity index (χ1) is 32.9. The lowest BCUT2D eigenvalue weighted by Crippen LogP contribution is -2.59. The number of rotatable bonds is 12. The zero-order valence-electron chi connectivity index (χ0n) is 37.1. The van der Waals surface area contributed by atoms with E-state index < -0.39 is 72.1 Å². The highest BCUT2D eigenvalue weighted by atomic mass is 32.1. The Morgan fingerprint density at radius 2 is 1.07 bits per heavy atom. The highest BCUT2D eigenvalue weighted by Gasteiger charge is 2.34. The van der Waals surface area contributed by atoms with Crippen LogP contribution in [0.25, 0.3) is 11.1 Å². The van der Waals surface area contributed by atoms with Crippen molar-refractivity contribution in [3.05, 3.63) is 184 Å². The van der Waals surface area contributed by atoms with Gasteiger partial charge in [-0.1, -0.05) is 133 Å². The number of hydrogen-bond acceptors (Lipinski definition) is 8. The molecule has 3 heterocycles. The minimum Gasteiger partial charge on any atom is -0.480 e. The van der Waals surface area contributed by atoms with Crippen LogP contribution in [0.5, 0.6) is 0 Å². The maximum atomic E-state index is 14.8.